The molecule has 1 heterocycles. The quantitative estimate of drug-likeness (QED) is 0.449. The Morgan fingerprint density at radius 2 is 1.94 bits per heavy atom. The van der Waals surface area contributed by atoms with E-state index in [0.29, 0.717) is 22.0 Å². The van der Waals surface area contributed by atoms with Crippen molar-refractivity contribution in [2.24, 2.45) is 0 Å². The second kappa shape index (κ2) is 10.2. The highest BCUT2D eigenvalue weighted by Gasteiger charge is 2.35. The van der Waals surface area contributed by atoms with E-state index in [2.05, 4.69) is 0 Å². The maximum Gasteiger partial charge on any atom is 0.344 e. The van der Waals surface area contributed by atoms with Crippen LogP contribution in [0.15, 0.2) is 47.4 Å². The highest BCUT2D eigenvalue weighted by atomic mass is 32.2. The van der Waals surface area contributed by atoms with Crippen LogP contribution in [0.4, 0.5) is 4.79 Å². The van der Waals surface area contributed by atoms with Crippen LogP contribution < -0.4 is 9.47 Å². The number of imide groups is 1. The van der Waals surface area contributed by atoms with Crippen molar-refractivity contribution < 1.29 is 28.6 Å². The first kappa shape index (κ1) is 22.4. The largest absolute Gasteiger partial charge is 0.493 e. The number of ether oxygens (including phenoxy) is 3. The Labute approximate surface area is 185 Å². The molecule has 0 N–H and O–H groups in total. The molecule has 0 aliphatic carbocycles. The summed E-state index contributed by atoms with van der Waals surface area (Å²) in [6, 6.07) is 12.7. The third-order valence-electron chi connectivity index (χ3n) is 4.43. The molecule has 1 fully saturated rings. The summed E-state index contributed by atoms with van der Waals surface area (Å²) >= 11 is 0.903. The Morgan fingerprint density at radius 3 is 2.65 bits per heavy atom. The normalized spacial score (nSPS) is 14.8. The number of carbonyl (C=O) groups excluding carboxylic acids is 3. The number of hydrogen-bond donors (Lipinski definition) is 0. The molecule has 0 spiro atoms. The molecule has 1 saturated heterocycles. The Balaban J connectivity index is 1.74. The number of benzene rings is 2. The van der Waals surface area contributed by atoms with Crippen molar-refractivity contribution in [3.8, 4) is 11.5 Å². The van der Waals surface area contributed by atoms with Crippen LogP contribution >= 0.6 is 11.8 Å². The molecular weight excluding hydrogens is 418 g/mol. The first-order valence-corrected chi connectivity index (χ1v) is 10.5. The van der Waals surface area contributed by atoms with Gasteiger partial charge in [-0.15, -0.1) is 0 Å². The molecule has 2 aromatic rings. The van der Waals surface area contributed by atoms with E-state index in [1.165, 1.54) is 12.0 Å². The van der Waals surface area contributed by atoms with Gasteiger partial charge < -0.3 is 14.2 Å². The number of amides is 2. The van der Waals surface area contributed by atoms with Crippen LogP contribution in [0.3, 0.4) is 0 Å². The van der Waals surface area contributed by atoms with Gasteiger partial charge in [-0.2, -0.15) is 0 Å². The predicted molar refractivity (Wildman–Crippen MR) is 118 cm³/mol. The Kier molecular flexibility index (Phi) is 7.36. The van der Waals surface area contributed by atoms with Gasteiger partial charge in [-0.3, -0.25) is 14.5 Å². The van der Waals surface area contributed by atoms with Crippen LogP contribution in [0.2, 0.25) is 0 Å². The van der Waals surface area contributed by atoms with E-state index < -0.39 is 5.97 Å². The lowest BCUT2D eigenvalue weighted by molar-refractivity contribution is -0.145. The fourth-order valence-corrected chi connectivity index (χ4v) is 3.85. The van der Waals surface area contributed by atoms with E-state index in [4.69, 9.17) is 14.2 Å². The summed E-state index contributed by atoms with van der Waals surface area (Å²) in [5.41, 5.74) is 2.63. The van der Waals surface area contributed by atoms with Crippen molar-refractivity contribution in [2.45, 2.75) is 20.4 Å². The summed E-state index contributed by atoms with van der Waals surface area (Å²) in [7, 11) is 1.48. The molecule has 1 aliphatic heterocycles. The molecule has 0 unspecified atom stereocenters. The van der Waals surface area contributed by atoms with E-state index in [9.17, 15) is 14.4 Å². The molecular formula is C23H23NO6S. The number of hydrogen-bond acceptors (Lipinski definition) is 7. The minimum absolute atomic E-state index is 0.230. The maximum atomic E-state index is 12.8. The average molecular weight is 442 g/mol. The van der Waals surface area contributed by atoms with Gasteiger partial charge in [0.05, 0.1) is 25.2 Å². The summed E-state index contributed by atoms with van der Waals surface area (Å²) in [5, 5.41) is -0.306. The third-order valence-corrected chi connectivity index (χ3v) is 5.34. The molecule has 2 amide bonds. The summed E-state index contributed by atoms with van der Waals surface area (Å²) in [4.78, 5) is 38.2. The van der Waals surface area contributed by atoms with Crippen molar-refractivity contribution in [1.29, 1.82) is 0 Å². The fraction of sp³-hybridized carbons (Fsp3) is 0.261. The van der Waals surface area contributed by atoms with Crippen molar-refractivity contribution in [2.75, 3.05) is 20.3 Å². The van der Waals surface area contributed by atoms with Crippen molar-refractivity contribution in [3.63, 3.8) is 0 Å². The molecule has 0 atom stereocenters. The van der Waals surface area contributed by atoms with Gasteiger partial charge in [0.15, 0.2) is 18.1 Å². The van der Waals surface area contributed by atoms with E-state index in [0.717, 1.165) is 22.9 Å². The SMILES string of the molecule is CCOC(=O)COc1ccc(/C=C2\SC(=O)N(Cc3cccc(C)c3)C2=O)cc1OC. The summed E-state index contributed by atoms with van der Waals surface area (Å²) in [5.74, 6) is -0.0358. The van der Waals surface area contributed by atoms with Gasteiger partial charge in [0, 0.05) is 0 Å². The topological polar surface area (TPSA) is 82.1 Å². The van der Waals surface area contributed by atoms with E-state index in [1.807, 2.05) is 31.2 Å². The first-order chi connectivity index (χ1) is 14.9. The smallest absolute Gasteiger partial charge is 0.344 e. The van der Waals surface area contributed by atoms with Crippen LogP contribution in [0.5, 0.6) is 11.5 Å². The Morgan fingerprint density at radius 1 is 1.13 bits per heavy atom. The van der Waals surface area contributed by atoms with Gasteiger partial charge in [-0.25, -0.2) is 4.79 Å². The second-order valence-corrected chi connectivity index (χ2v) is 7.75. The number of aryl methyl sites for hydroxylation is 1. The molecule has 0 bridgehead atoms. The predicted octanol–water partition coefficient (Wildman–Crippen LogP) is 4.18. The molecule has 31 heavy (non-hydrogen) atoms. The van der Waals surface area contributed by atoms with Gasteiger partial charge in [-0.1, -0.05) is 35.9 Å². The van der Waals surface area contributed by atoms with Crippen LogP contribution in [0, 0.1) is 6.92 Å². The molecule has 0 saturated carbocycles. The number of methoxy groups -OCH3 is 1. The molecule has 0 radical (unpaired) electrons. The fourth-order valence-electron chi connectivity index (χ4n) is 3.01. The van der Waals surface area contributed by atoms with Crippen LogP contribution in [0.1, 0.15) is 23.6 Å². The average Bonchev–Trinajstić information content (AvgIpc) is 3.00. The standard InChI is InChI=1S/C23H23NO6S/c1-4-29-21(25)14-30-18-9-8-16(11-19(18)28-3)12-20-22(26)24(23(27)31-20)13-17-7-5-6-15(2)10-17/h5-12H,4,13-14H2,1-3H3/b20-12-. The number of carbonyl (C=O) groups is 3. The number of esters is 1. The minimum Gasteiger partial charge on any atom is -0.493 e. The first-order valence-electron chi connectivity index (χ1n) is 9.68. The number of rotatable bonds is 8. The van der Waals surface area contributed by atoms with Gasteiger partial charge >= 0.3 is 5.97 Å². The Bertz CT molecular complexity index is 1030. The van der Waals surface area contributed by atoms with Gasteiger partial charge in [0.25, 0.3) is 11.1 Å². The monoisotopic (exact) mass is 441 g/mol. The summed E-state index contributed by atoms with van der Waals surface area (Å²) in [6.45, 7) is 3.95. The molecule has 7 nitrogen and oxygen atoms in total. The lowest BCUT2D eigenvalue weighted by atomic mass is 10.1. The van der Waals surface area contributed by atoms with E-state index in [1.54, 1.807) is 31.2 Å². The molecule has 3 rings (SSSR count). The van der Waals surface area contributed by atoms with Crippen LogP contribution in [-0.2, 0) is 20.9 Å². The van der Waals surface area contributed by atoms with E-state index in [-0.39, 0.29) is 30.9 Å². The Hall–Kier alpha value is -3.26. The lowest BCUT2D eigenvalue weighted by Crippen LogP contribution is -2.27. The zero-order chi connectivity index (χ0) is 22.4. The number of thioether (sulfide) groups is 1. The van der Waals surface area contributed by atoms with Crippen molar-refractivity contribution >= 4 is 35.0 Å². The van der Waals surface area contributed by atoms with Crippen LogP contribution in [0.25, 0.3) is 6.08 Å². The third kappa shape index (κ3) is 5.67. The summed E-state index contributed by atoms with van der Waals surface area (Å²) in [6.07, 6.45) is 1.64. The van der Waals surface area contributed by atoms with Gasteiger partial charge in [-0.05, 0) is 54.9 Å². The zero-order valence-corrected chi connectivity index (χ0v) is 18.4. The molecule has 0 aromatic heterocycles. The zero-order valence-electron chi connectivity index (χ0n) is 17.5. The summed E-state index contributed by atoms with van der Waals surface area (Å²) < 4.78 is 15.6. The number of nitrogens with zero attached hydrogens (tertiary/aromatic N) is 1. The highest BCUT2D eigenvalue weighted by Crippen LogP contribution is 2.35. The highest BCUT2D eigenvalue weighted by molar-refractivity contribution is 8.18. The van der Waals surface area contributed by atoms with E-state index >= 15 is 0 Å². The molecule has 8 heteroatoms. The lowest BCUT2D eigenvalue weighted by Gasteiger charge is -2.13. The van der Waals surface area contributed by atoms with Crippen molar-refractivity contribution in [1.82, 2.24) is 4.90 Å². The van der Waals surface area contributed by atoms with Crippen molar-refractivity contribution in [3.05, 3.63) is 64.1 Å². The van der Waals surface area contributed by atoms with Gasteiger partial charge in [0.1, 0.15) is 0 Å². The molecule has 2 aromatic carbocycles. The van der Waals surface area contributed by atoms with Gasteiger partial charge in [0.2, 0.25) is 0 Å². The maximum absolute atomic E-state index is 12.8. The minimum atomic E-state index is -0.476. The molecule has 162 valence electrons. The second-order valence-electron chi connectivity index (χ2n) is 6.76. The molecule has 1 aliphatic rings. The van der Waals surface area contributed by atoms with Crippen LogP contribution in [-0.4, -0.2) is 42.3 Å².